The lowest BCUT2D eigenvalue weighted by atomic mass is 10.4. The average Bonchev–Trinajstić information content (AvgIpc) is 2.41. The average molecular weight is 248 g/mol. The Morgan fingerprint density at radius 1 is 1.73 bits per heavy atom. The molecule has 0 aliphatic carbocycles. The number of unbranched alkanes of at least 4 members (excludes halogenated alkanes) is 1. The second kappa shape index (κ2) is 7.89. The molecule has 1 heterocycles. The number of aliphatic imine (C=N–C) groups is 1. The van der Waals surface area contributed by atoms with E-state index >= 15 is 0 Å². The largest absolute Gasteiger partial charge is 0.419 e. The Balaban J connectivity index is 0.000001000. The van der Waals surface area contributed by atoms with Gasteiger partial charge in [0, 0.05) is 12.0 Å². The molecule has 0 aromatic carbocycles. The molecule has 1 aliphatic heterocycles. The maximum Gasteiger partial charge on any atom is 0.419 e. The molecule has 0 saturated carbocycles. The standard InChI is InChI=1S/C4H9.C3H4NS.BrH.Mg/c1-3-4-2;1-2-5-3-4-1;;/h1,3-4H2,2H3;1,3H,2H2;1H;. The van der Waals surface area contributed by atoms with Gasteiger partial charge in [0.05, 0.1) is 0 Å². The van der Waals surface area contributed by atoms with Crippen molar-refractivity contribution in [1.82, 2.24) is 0 Å². The van der Waals surface area contributed by atoms with E-state index in [1.165, 1.54) is 23.1 Å². The van der Waals surface area contributed by atoms with E-state index in [0.717, 1.165) is 3.50 Å². The van der Waals surface area contributed by atoms with Crippen LogP contribution in [0.4, 0.5) is 0 Å². The highest BCUT2D eigenvalue weighted by Crippen LogP contribution is 2.16. The Labute approximate surface area is 93.3 Å². The summed E-state index contributed by atoms with van der Waals surface area (Å²) in [6.07, 6.45) is 4.86. The molecular formula is C7H14BrMgNS. The van der Waals surface area contributed by atoms with E-state index in [0.29, 0.717) is 0 Å². The quantitative estimate of drug-likeness (QED) is 0.550. The van der Waals surface area contributed by atoms with Gasteiger partial charge < -0.3 is 4.99 Å². The Kier molecular flexibility index (Phi) is 8.80. The number of thioether (sulfide) groups is 1. The van der Waals surface area contributed by atoms with Crippen LogP contribution in [0.2, 0.25) is 4.55 Å². The summed E-state index contributed by atoms with van der Waals surface area (Å²) in [4.78, 5) is 4.41. The lowest BCUT2D eigenvalue weighted by Crippen LogP contribution is -2.05. The van der Waals surface area contributed by atoms with Crippen LogP contribution in [0.25, 0.3) is 0 Å². The van der Waals surface area contributed by atoms with Gasteiger partial charge in [-0.3, -0.25) is 0 Å². The molecule has 0 bridgehead atoms. The summed E-state index contributed by atoms with van der Waals surface area (Å²) in [5, 5.41) is 0. The monoisotopic (exact) mass is 247 g/mol. The third kappa shape index (κ3) is 5.50. The van der Waals surface area contributed by atoms with Crippen molar-refractivity contribution in [3.63, 3.8) is 0 Å². The van der Waals surface area contributed by atoms with Gasteiger partial charge in [-0.1, -0.05) is 19.8 Å². The minimum absolute atomic E-state index is 0. The van der Waals surface area contributed by atoms with Gasteiger partial charge in [0.2, 0.25) is 0 Å². The minimum atomic E-state index is 0. The molecule has 0 N–H and O–H groups in total. The van der Waals surface area contributed by atoms with Crippen LogP contribution in [0, 0.1) is 0 Å². The van der Waals surface area contributed by atoms with E-state index in [-0.39, 0.29) is 37.3 Å². The third-order valence-corrected chi connectivity index (χ3v) is 5.56. The molecule has 62 valence electrons. The molecule has 0 saturated heterocycles. The van der Waals surface area contributed by atoms with Crippen LogP contribution in [-0.4, -0.2) is 35.8 Å². The molecule has 1 nitrogen and oxygen atoms in total. The van der Waals surface area contributed by atoms with Crippen molar-refractivity contribution in [3.05, 3.63) is 0 Å². The molecular weight excluding hydrogens is 234 g/mol. The maximum atomic E-state index is 4.41. The number of nitrogens with zero attached hydrogens (tertiary/aromatic N) is 1. The van der Waals surface area contributed by atoms with E-state index in [4.69, 9.17) is 0 Å². The van der Waals surface area contributed by atoms with Crippen LogP contribution in [0.15, 0.2) is 4.99 Å². The van der Waals surface area contributed by atoms with Crippen molar-refractivity contribution in [2.45, 2.75) is 27.8 Å². The van der Waals surface area contributed by atoms with E-state index in [1.54, 1.807) is 0 Å². The first-order valence-corrected chi connectivity index (χ1v) is 6.93. The van der Waals surface area contributed by atoms with E-state index in [9.17, 15) is 0 Å². The topological polar surface area (TPSA) is 12.4 Å². The molecule has 0 amide bonds. The summed E-state index contributed by atoms with van der Waals surface area (Å²) in [5.74, 6) is 1.17. The Morgan fingerprint density at radius 3 is 3.09 bits per heavy atom. The van der Waals surface area contributed by atoms with Crippen molar-refractivity contribution >= 4 is 55.3 Å². The third-order valence-electron chi connectivity index (χ3n) is 1.69. The summed E-state index contributed by atoms with van der Waals surface area (Å²) in [6.45, 7) is 2.26. The second-order valence-corrected chi connectivity index (χ2v) is 6.48. The van der Waals surface area contributed by atoms with Crippen LogP contribution < -0.4 is 0 Å². The van der Waals surface area contributed by atoms with Gasteiger partial charge in [-0.2, -0.15) is 11.8 Å². The molecule has 1 aliphatic rings. The van der Waals surface area contributed by atoms with E-state index in [2.05, 4.69) is 18.1 Å². The lowest BCUT2D eigenvalue weighted by molar-refractivity contribution is 0.876. The molecule has 0 aromatic heterocycles. The minimum Gasteiger partial charge on any atom is -0.312 e. The Bertz CT molecular complexity index is 121. The fraction of sp³-hybridized carbons (Fsp3) is 0.857. The first-order chi connectivity index (χ1) is 4.93. The van der Waals surface area contributed by atoms with Crippen molar-refractivity contribution in [2.75, 3.05) is 5.75 Å². The van der Waals surface area contributed by atoms with Crippen molar-refractivity contribution < 1.29 is 0 Å². The fourth-order valence-electron chi connectivity index (χ4n) is 1.08. The van der Waals surface area contributed by atoms with Crippen molar-refractivity contribution in [2.24, 2.45) is 4.99 Å². The molecule has 11 heavy (non-hydrogen) atoms. The highest BCUT2D eigenvalue weighted by Gasteiger charge is 2.12. The summed E-state index contributed by atoms with van der Waals surface area (Å²) in [6, 6.07) is 0. The second-order valence-electron chi connectivity index (χ2n) is 2.62. The van der Waals surface area contributed by atoms with Crippen LogP contribution in [0.1, 0.15) is 19.8 Å². The van der Waals surface area contributed by atoms with Crippen molar-refractivity contribution in [1.29, 1.82) is 0 Å². The molecule has 0 radical (unpaired) electrons. The number of hydrogen-bond acceptors (Lipinski definition) is 2. The Hall–Kier alpha value is 1.27. The van der Waals surface area contributed by atoms with Crippen LogP contribution in [-0.2, 0) is 0 Å². The molecule has 0 aromatic rings. The van der Waals surface area contributed by atoms with E-state index < -0.39 is 0 Å². The zero-order valence-electron chi connectivity index (χ0n) is 6.95. The van der Waals surface area contributed by atoms with Gasteiger partial charge >= 0.3 is 20.4 Å². The molecule has 1 atom stereocenters. The van der Waals surface area contributed by atoms with Crippen LogP contribution in [0.5, 0.6) is 0 Å². The van der Waals surface area contributed by atoms with Gasteiger partial charge in [0.1, 0.15) is 0 Å². The highest BCUT2D eigenvalue weighted by atomic mass is 79.9. The molecule has 1 unspecified atom stereocenters. The predicted octanol–water partition coefficient (Wildman–Crippen LogP) is 2.59. The van der Waals surface area contributed by atoms with Gasteiger partial charge in [-0.25, -0.2) is 0 Å². The normalized spacial score (nSPS) is 21.0. The SMILES string of the molecule is Br.CCC[CH2][Mg][CH]1N=CCS1. The first-order valence-electron chi connectivity index (χ1n) is 4.06. The van der Waals surface area contributed by atoms with E-state index in [1.807, 2.05) is 11.8 Å². The van der Waals surface area contributed by atoms with Gasteiger partial charge in [0.15, 0.2) is 0 Å². The summed E-state index contributed by atoms with van der Waals surface area (Å²) in [7, 11) is 0. The van der Waals surface area contributed by atoms with Crippen LogP contribution >= 0.6 is 28.7 Å². The predicted molar refractivity (Wildman–Crippen MR) is 60.5 cm³/mol. The smallest absolute Gasteiger partial charge is 0.312 e. The molecule has 0 fully saturated rings. The number of rotatable bonds is 4. The fourth-order valence-corrected chi connectivity index (χ4v) is 4.66. The summed E-state index contributed by atoms with van der Waals surface area (Å²) >= 11 is 2.17. The zero-order chi connectivity index (χ0) is 7.23. The molecule has 1 rings (SSSR count). The summed E-state index contributed by atoms with van der Waals surface area (Å²) < 4.78 is 2.23. The number of hydrogen-bond donors (Lipinski definition) is 0. The van der Waals surface area contributed by atoms with Gasteiger partial charge in [0.25, 0.3) is 0 Å². The molecule has 4 heteroatoms. The Morgan fingerprint density at radius 2 is 2.55 bits per heavy atom. The lowest BCUT2D eigenvalue weighted by Gasteiger charge is -2.01. The van der Waals surface area contributed by atoms with Gasteiger partial charge in [-0.05, 0) is 3.50 Å². The number of halogens is 1. The first kappa shape index (κ1) is 12.3. The summed E-state index contributed by atoms with van der Waals surface area (Å²) in [5.41, 5.74) is 0. The van der Waals surface area contributed by atoms with Gasteiger partial charge in [-0.15, -0.1) is 21.5 Å². The zero-order valence-corrected chi connectivity index (χ0v) is 10.9. The maximum absolute atomic E-state index is 4.41. The highest BCUT2D eigenvalue weighted by molar-refractivity contribution is 8.93. The van der Waals surface area contributed by atoms with Crippen molar-refractivity contribution in [3.8, 4) is 0 Å². The molecule has 0 spiro atoms. The van der Waals surface area contributed by atoms with Crippen LogP contribution in [0.3, 0.4) is 0 Å².